The first-order valence-electron chi connectivity index (χ1n) is 9.29. The van der Waals surface area contributed by atoms with E-state index in [4.69, 9.17) is 16.7 Å². The molecule has 0 radical (unpaired) electrons. The second-order valence-corrected chi connectivity index (χ2v) is 8.14. The number of aliphatic hydroxyl groups is 2. The molecule has 0 aliphatic heterocycles. The normalized spacial score (nSPS) is 12.2. The molecule has 0 aliphatic rings. The van der Waals surface area contributed by atoms with E-state index in [9.17, 15) is 5.11 Å². The van der Waals surface area contributed by atoms with E-state index >= 15 is 0 Å². The van der Waals surface area contributed by atoms with E-state index in [0.717, 1.165) is 44.4 Å². The zero-order valence-electron chi connectivity index (χ0n) is 15.5. The molecular weight excluding hydrogens is 406 g/mol. The summed E-state index contributed by atoms with van der Waals surface area (Å²) in [4.78, 5) is 13.8. The Morgan fingerprint density at radius 1 is 1.07 bits per heavy atom. The average molecular weight is 426 g/mol. The first-order chi connectivity index (χ1) is 14.2. The summed E-state index contributed by atoms with van der Waals surface area (Å²) in [5, 5.41) is 20.8. The Bertz CT molecular complexity index is 1080. The number of hydrogen-bond donors (Lipinski definition) is 3. The molecule has 0 fully saturated rings. The van der Waals surface area contributed by atoms with Crippen molar-refractivity contribution in [3.05, 3.63) is 82.9 Å². The van der Waals surface area contributed by atoms with E-state index in [2.05, 4.69) is 15.0 Å². The van der Waals surface area contributed by atoms with Crippen LogP contribution < -0.4 is 0 Å². The van der Waals surface area contributed by atoms with E-state index in [1.807, 2.05) is 30.3 Å². The summed E-state index contributed by atoms with van der Waals surface area (Å²) in [6.45, 7) is 0.144. The third-order valence-corrected chi connectivity index (χ3v) is 6.11. The number of imidazole rings is 1. The van der Waals surface area contributed by atoms with Crippen LogP contribution in [-0.2, 0) is 6.42 Å². The fourth-order valence-corrected chi connectivity index (χ4v) is 4.45. The second-order valence-electron chi connectivity index (χ2n) is 6.65. The molecule has 0 bridgehead atoms. The van der Waals surface area contributed by atoms with Crippen molar-refractivity contribution >= 4 is 22.9 Å². The van der Waals surface area contributed by atoms with Gasteiger partial charge in [-0.15, -0.1) is 11.3 Å². The van der Waals surface area contributed by atoms with Crippen molar-refractivity contribution in [3.8, 4) is 21.1 Å². The zero-order chi connectivity index (χ0) is 20.2. The Morgan fingerprint density at radius 2 is 1.90 bits per heavy atom. The number of aryl methyl sites for hydroxylation is 1. The molecule has 0 saturated carbocycles. The van der Waals surface area contributed by atoms with Gasteiger partial charge in [-0.25, -0.2) is 4.98 Å². The number of aliphatic hydroxyl groups excluding tert-OH is 2. The summed E-state index contributed by atoms with van der Waals surface area (Å²) >= 11 is 7.57. The largest absolute Gasteiger partial charge is 0.396 e. The van der Waals surface area contributed by atoms with Crippen LogP contribution in [0.4, 0.5) is 0 Å². The van der Waals surface area contributed by atoms with Gasteiger partial charge in [0.05, 0.1) is 4.88 Å². The smallest absolute Gasteiger partial charge is 0.147 e. The fourth-order valence-electron chi connectivity index (χ4n) is 3.18. The number of rotatable bonds is 7. The summed E-state index contributed by atoms with van der Waals surface area (Å²) in [6.07, 6.45) is 5.86. The highest BCUT2D eigenvalue weighted by atomic mass is 35.5. The molecular formula is C22H20ClN3O2S. The number of aromatic amines is 1. The molecule has 4 aromatic rings. The number of pyridine rings is 1. The maximum Gasteiger partial charge on any atom is 0.147 e. The van der Waals surface area contributed by atoms with Gasteiger partial charge in [-0.2, -0.15) is 0 Å². The molecule has 1 aromatic carbocycles. The highest BCUT2D eigenvalue weighted by Gasteiger charge is 2.21. The van der Waals surface area contributed by atoms with Gasteiger partial charge in [-0.3, -0.25) is 4.98 Å². The number of H-pyrrole nitrogens is 1. The zero-order valence-corrected chi connectivity index (χ0v) is 17.1. The molecule has 29 heavy (non-hydrogen) atoms. The standard InChI is InChI=1S/C22H20ClN3O2S/c23-16-5-3-14(4-6-16)20(28)18-13-19(29-21(18)22-25-9-10-26-22)15-7-8-24-17(12-15)2-1-11-27/h3-10,12-13,20,27-28H,1-2,11H2,(H,25,26). The number of nitrogens with one attached hydrogen (secondary N) is 1. The van der Waals surface area contributed by atoms with Crippen LogP contribution in [0.5, 0.6) is 0 Å². The maximum atomic E-state index is 11.1. The Morgan fingerprint density at radius 3 is 2.62 bits per heavy atom. The van der Waals surface area contributed by atoms with Crippen molar-refractivity contribution in [1.82, 2.24) is 15.0 Å². The molecule has 3 heterocycles. The number of benzene rings is 1. The van der Waals surface area contributed by atoms with Gasteiger partial charge in [0.2, 0.25) is 0 Å². The van der Waals surface area contributed by atoms with Crippen molar-refractivity contribution < 1.29 is 10.2 Å². The molecule has 3 aromatic heterocycles. The van der Waals surface area contributed by atoms with Crippen molar-refractivity contribution in [1.29, 1.82) is 0 Å². The van der Waals surface area contributed by atoms with Gasteiger partial charge in [-0.05, 0) is 54.3 Å². The molecule has 0 spiro atoms. The van der Waals surface area contributed by atoms with Gasteiger partial charge in [0, 0.05) is 46.4 Å². The lowest BCUT2D eigenvalue weighted by Gasteiger charge is -2.11. The van der Waals surface area contributed by atoms with Crippen molar-refractivity contribution in [2.24, 2.45) is 0 Å². The Kier molecular flexibility index (Phi) is 6.06. The van der Waals surface area contributed by atoms with Crippen molar-refractivity contribution in [2.45, 2.75) is 18.9 Å². The monoisotopic (exact) mass is 425 g/mol. The van der Waals surface area contributed by atoms with Crippen LogP contribution in [0.25, 0.3) is 21.1 Å². The van der Waals surface area contributed by atoms with Crippen LogP contribution in [-0.4, -0.2) is 31.8 Å². The summed E-state index contributed by atoms with van der Waals surface area (Å²) in [7, 11) is 0. The van der Waals surface area contributed by atoms with E-state index in [0.29, 0.717) is 11.4 Å². The average Bonchev–Trinajstić information content (AvgIpc) is 3.42. The van der Waals surface area contributed by atoms with Crippen LogP contribution in [0.1, 0.15) is 29.3 Å². The van der Waals surface area contributed by atoms with Gasteiger partial charge in [-0.1, -0.05) is 23.7 Å². The van der Waals surface area contributed by atoms with Crippen molar-refractivity contribution in [2.75, 3.05) is 6.61 Å². The molecule has 0 saturated heterocycles. The Labute approximate surface area is 177 Å². The minimum Gasteiger partial charge on any atom is -0.396 e. The minimum absolute atomic E-state index is 0.144. The third kappa shape index (κ3) is 4.41. The lowest BCUT2D eigenvalue weighted by molar-refractivity contribution is 0.221. The maximum absolute atomic E-state index is 11.1. The van der Waals surface area contributed by atoms with Crippen LogP contribution in [0.15, 0.2) is 61.1 Å². The lowest BCUT2D eigenvalue weighted by Crippen LogP contribution is -1.99. The lowest BCUT2D eigenvalue weighted by atomic mass is 10.0. The first-order valence-corrected chi connectivity index (χ1v) is 10.5. The molecule has 1 atom stereocenters. The van der Waals surface area contributed by atoms with Gasteiger partial charge >= 0.3 is 0 Å². The van der Waals surface area contributed by atoms with Gasteiger partial charge in [0.15, 0.2) is 0 Å². The molecule has 3 N–H and O–H groups in total. The molecule has 4 rings (SSSR count). The van der Waals surface area contributed by atoms with E-state index < -0.39 is 6.10 Å². The quantitative estimate of drug-likeness (QED) is 0.395. The molecule has 7 heteroatoms. The first kappa shape index (κ1) is 19.8. The SMILES string of the molecule is OCCCc1cc(-c2cc(C(O)c3ccc(Cl)cc3)c(-c3ncc[nH]3)s2)ccn1. The number of thiophene rings is 1. The van der Waals surface area contributed by atoms with E-state index in [1.54, 1.807) is 42.1 Å². The molecule has 1 unspecified atom stereocenters. The molecule has 0 aliphatic carbocycles. The van der Waals surface area contributed by atoms with E-state index in [1.165, 1.54) is 0 Å². The summed E-state index contributed by atoms with van der Waals surface area (Å²) in [6, 6.07) is 13.2. The number of nitrogens with zero attached hydrogens (tertiary/aromatic N) is 2. The number of aromatic nitrogens is 3. The van der Waals surface area contributed by atoms with Crippen LogP contribution in [0.3, 0.4) is 0 Å². The Hall–Kier alpha value is -2.51. The Balaban J connectivity index is 1.75. The highest BCUT2D eigenvalue weighted by Crippen LogP contribution is 2.41. The molecule has 5 nitrogen and oxygen atoms in total. The third-order valence-electron chi connectivity index (χ3n) is 4.65. The predicted octanol–water partition coefficient (Wildman–Crippen LogP) is 4.86. The van der Waals surface area contributed by atoms with Gasteiger partial charge in [0.25, 0.3) is 0 Å². The molecule has 0 amide bonds. The minimum atomic E-state index is -0.798. The fraction of sp³-hybridized carbons (Fsp3) is 0.182. The topological polar surface area (TPSA) is 82.0 Å². The summed E-state index contributed by atoms with van der Waals surface area (Å²) in [5.74, 6) is 0.721. The van der Waals surface area contributed by atoms with E-state index in [-0.39, 0.29) is 6.61 Å². The van der Waals surface area contributed by atoms with Gasteiger partial charge in [0.1, 0.15) is 11.9 Å². The number of hydrogen-bond acceptors (Lipinski definition) is 5. The van der Waals surface area contributed by atoms with Crippen LogP contribution in [0.2, 0.25) is 5.02 Å². The highest BCUT2D eigenvalue weighted by molar-refractivity contribution is 7.19. The summed E-state index contributed by atoms with van der Waals surface area (Å²) < 4.78 is 0. The number of halogens is 1. The van der Waals surface area contributed by atoms with Gasteiger partial charge < -0.3 is 15.2 Å². The summed E-state index contributed by atoms with van der Waals surface area (Å²) in [5.41, 5.74) is 3.52. The van der Waals surface area contributed by atoms with Crippen LogP contribution >= 0.6 is 22.9 Å². The van der Waals surface area contributed by atoms with Crippen molar-refractivity contribution in [3.63, 3.8) is 0 Å². The second kappa shape index (κ2) is 8.88. The predicted molar refractivity (Wildman–Crippen MR) is 116 cm³/mol. The molecule has 148 valence electrons. The van der Waals surface area contributed by atoms with Crippen LogP contribution in [0, 0.1) is 0 Å².